The van der Waals surface area contributed by atoms with E-state index >= 15 is 0 Å². The van der Waals surface area contributed by atoms with Gasteiger partial charge in [-0.2, -0.15) is 5.10 Å². The Balaban J connectivity index is 2.11. The number of aromatic nitrogens is 2. The monoisotopic (exact) mass is 187 g/mol. The average molecular weight is 188 g/mol. The van der Waals surface area contributed by atoms with Gasteiger partial charge in [-0.3, -0.25) is 4.68 Å². The Morgan fingerprint density at radius 3 is 3.08 bits per heavy atom. The molecule has 0 radical (unpaired) electrons. The predicted molar refractivity (Wildman–Crippen MR) is 50.4 cm³/mol. The van der Waals surface area contributed by atoms with E-state index in [2.05, 4.69) is 17.3 Å². The molecule has 3 nitrogen and oxygen atoms in total. The fraction of sp³-hybridized carbons (Fsp3) is 0.625. The number of halogens is 1. The molecule has 1 unspecified atom stereocenters. The first kappa shape index (κ1) is 9.55. The second-order valence-electron chi connectivity index (χ2n) is 2.78. The minimum absolute atomic E-state index is 0.377. The molecule has 1 atom stereocenters. The van der Waals surface area contributed by atoms with Gasteiger partial charge in [-0.25, -0.2) is 0 Å². The zero-order valence-electron chi connectivity index (χ0n) is 7.20. The van der Waals surface area contributed by atoms with Crippen LogP contribution in [0, 0.1) is 0 Å². The van der Waals surface area contributed by atoms with Crippen molar-refractivity contribution in [2.24, 2.45) is 0 Å². The third-order valence-corrected chi connectivity index (χ3v) is 2.09. The highest BCUT2D eigenvalue weighted by atomic mass is 35.5. The van der Waals surface area contributed by atoms with Crippen molar-refractivity contribution in [3.63, 3.8) is 0 Å². The van der Waals surface area contributed by atoms with Gasteiger partial charge in [0.25, 0.3) is 0 Å². The fourth-order valence-electron chi connectivity index (χ4n) is 0.913. The van der Waals surface area contributed by atoms with Crippen LogP contribution in [0.15, 0.2) is 18.5 Å². The Bertz CT molecular complexity index is 198. The van der Waals surface area contributed by atoms with E-state index in [0.717, 1.165) is 13.1 Å². The van der Waals surface area contributed by atoms with Crippen LogP contribution in [0.1, 0.15) is 6.92 Å². The molecule has 1 rings (SSSR count). The highest BCUT2D eigenvalue weighted by Crippen LogP contribution is 1.86. The van der Waals surface area contributed by atoms with E-state index < -0.39 is 0 Å². The van der Waals surface area contributed by atoms with E-state index in [9.17, 15) is 0 Å². The molecule has 0 aliphatic rings. The van der Waals surface area contributed by atoms with Crippen LogP contribution in [0.2, 0.25) is 0 Å². The van der Waals surface area contributed by atoms with Crippen molar-refractivity contribution in [3.8, 4) is 0 Å². The second-order valence-corrected chi connectivity index (χ2v) is 3.09. The Morgan fingerprint density at radius 2 is 2.50 bits per heavy atom. The molecule has 1 heterocycles. The first-order chi connectivity index (χ1) is 5.83. The number of nitrogens with one attached hydrogen (secondary N) is 1. The molecule has 68 valence electrons. The number of hydrogen-bond donors (Lipinski definition) is 1. The van der Waals surface area contributed by atoms with Crippen molar-refractivity contribution in [1.82, 2.24) is 15.1 Å². The van der Waals surface area contributed by atoms with Crippen molar-refractivity contribution in [2.45, 2.75) is 19.5 Å². The summed E-state index contributed by atoms with van der Waals surface area (Å²) in [6, 6.07) is 2.30. The van der Waals surface area contributed by atoms with Crippen LogP contribution in [0.25, 0.3) is 0 Å². The molecule has 1 aromatic rings. The molecule has 0 fully saturated rings. The molecule has 1 N–H and O–H groups in total. The molecule has 0 spiro atoms. The Labute approximate surface area is 77.7 Å². The molecule has 0 aliphatic heterocycles. The lowest BCUT2D eigenvalue weighted by Gasteiger charge is -2.09. The van der Waals surface area contributed by atoms with Crippen LogP contribution < -0.4 is 5.32 Å². The van der Waals surface area contributed by atoms with Gasteiger partial charge < -0.3 is 5.32 Å². The van der Waals surface area contributed by atoms with Crippen molar-refractivity contribution >= 4 is 11.6 Å². The summed E-state index contributed by atoms with van der Waals surface area (Å²) in [6.45, 7) is 3.87. The van der Waals surface area contributed by atoms with E-state index in [1.54, 1.807) is 6.20 Å². The quantitative estimate of drug-likeness (QED) is 0.700. The number of hydrogen-bond acceptors (Lipinski definition) is 2. The van der Waals surface area contributed by atoms with E-state index in [1.807, 2.05) is 16.9 Å². The van der Waals surface area contributed by atoms with Gasteiger partial charge in [0.15, 0.2) is 0 Å². The molecule has 0 amide bonds. The maximum absolute atomic E-state index is 5.63. The molecule has 0 saturated carbocycles. The highest BCUT2D eigenvalue weighted by molar-refractivity contribution is 6.18. The third kappa shape index (κ3) is 3.24. The van der Waals surface area contributed by atoms with Crippen molar-refractivity contribution in [3.05, 3.63) is 18.5 Å². The summed E-state index contributed by atoms with van der Waals surface area (Å²) in [5.41, 5.74) is 0. The number of rotatable bonds is 5. The first-order valence-corrected chi connectivity index (χ1v) is 4.63. The number of nitrogens with zero attached hydrogens (tertiary/aromatic N) is 2. The maximum Gasteiger partial charge on any atom is 0.0534 e. The van der Waals surface area contributed by atoms with Gasteiger partial charge in [-0.1, -0.05) is 0 Å². The van der Waals surface area contributed by atoms with E-state index in [1.165, 1.54) is 0 Å². The normalized spacial score (nSPS) is 13.2. The smallest absolute Gasteiger partial charge is 0.0534 e. The molecule has 4 heteroatoms. The molecular weight excluding hydrogens is 174 g/mol. The lowest BCUT2D eigenvalue weighted by molar-refractivity contribution is 0.518. The molecule has 1 aromatic heterocycles. The molecule has 0 bridgehead atoms. The summed E-state index contributed by atoms with van der Waals surface area (Å²) in [5, 5.41) is 7.36. The summed E-state index contributed by atoms with van der Waals surface area (Å²) >= 11 is 5.63. The molecule has 0 aliphatic carbocycles. The summed E-state index contributed by atoms with van der Waals surface area (Å²) in [5.74, 6) is 0.652. The lowest BCUT2D eigenvalue weighted by Crippen LogP contribution is -2.30. The Morgan fingerprint density at radius 1 is 1.67 bits per heavy atom. The zero-order chi connectivity index (χ0) is 8.81. The number of alkyl halides is 1. The van der Waals surface area contributed by atoms with E-state index in [4.69, 9.17) is 11.6 Å². The molecular formula is C8H14ClN3. The lowest BCUT2D eigenvalue weighted by atomic mass is 10.4. The zero-order valence-corrected chi connectivity index (χ0v) is 7.96. The van der Waals surface area contributed by atoms with Crippen molar-refractivity contribution < 1.29 is 0 Å². The van der Waals surface area contributed by atoms with Gasteiger partial charge in [0, 0.05) is 30.9 Å². The summed E-state index contributed by atoms with van der Waals surface area (Å²) < 4.78 is 1.90. The van der Waals surface area contributed by atoms with E-state index in [-0.39, 0.29) is 0 Å². The van der Waals surface area contributed by atoms with Crippen LogP contribution in [-0.4, -0.2) is 28.2 Å². The van der Waals surface area contributed by atoms with Gasteiger partial charge >= 0.3 is 0 Å². The summed E-state index contributed by atoms with van der Waals surface area (Å²) in [7, 11) is 0. The Kier molecular flexibility index (Phi) is 4.11. The van der Waals surface area contributed by atoms with Gasteiger partial charge in [0.2, 0.25) is 0 Å². The predicted octanol–water partition coefficient (Wildman–Crippen LogP) is 1.10. The van der Waals surface area contributed by atoms with Crippen molar-refractivity contribution in [2.75, 3.05) is 12.4 Å². The van der Waals surface area contributed by atoms with Crippen LogP contribution >= 0.6 is 11.6 Å². The molecule has 0 aromatic carbocycles. The SMILES string of the molecule is CC(CCl)NCCn1cccn1. The van der Waals surface area contributed by atoms with Crippen LogP contribution in [0.5, 0.6) is 0 Å². The second kappa shape index (κ2) is 5.17. The first-order valence-electron chi connectivity index (χ1n) is 4.09. The summed E-state index contributed by atoms with van der Waals surface area (Å²) in [6.07, 6.45) is 3.73. The average Bonchev–Trinajstić information content (AvgIpc) is 2.57. The third-order valence-electron chi connectivity index (χ3n) is 1.62. The molecule has 0 saturated heterocycles. The largest absolute Gasteiger partial charge is 0.311 e. The highest BCUT2D eigenvalue weighted by Gasteiger charge is 1.97. The van der Waals surface area contributed by atoms with Crippen LogP contribution in [-0.2, 0) is 6.54 Å². The molecule has 12 heavy (non-hydrogen) atoms. The van der Waals surface area contributed by atoms with Gasteiger partial charge in [0.05, 0.1) is 6.54 Å². The standard InChI is InChI=1S/C8H14ClN3/c1-8(7-9)10-4-6-12-5-2-3-11-12/h2-3,5,8,10H,4,6-7H2,1H3. The summed E-state index contributed by atoms with van der Waals surface area (Å²) in [4.78, 5) is 0. The van der Waals surface area contributed by atoms with Crippen LogP contribution in [0.3, 0.4) is 0 Å². The minimum atomic E-state index is 0.377. The van der Waals surface area contributed by atoms with E-state index in [0.29, 0.717) is 11.9 Å². The topological polar surface area (TPSA) is 29.9 Å². The van der Waals surface area contributed by atoms with Gasteiger partial charge in [0.1, 0.15) is 0 Å². The van der Waals surface area contributed by atoms with Crippen molar-refractivity contribution in [1.29, 1.82) is 0 Å². The van der Waals surface area contributed by atoms with Gasteiger partial charge in [-0.15, -0.1) is 11.6 Å². The maximum atomic E-state index is 5.63. The minimum Gasteiger partial charge on any atom is -0.311 e. The van der Waals surface area contributed by atoms with Crippen LogP contribution in [0.4, 0.5) is 0 Å². The van der Waals surface area contributed by atoms with Gasteiger partial charge in [-0.05, 0) is 13.0 Å². The Hall–Kier alpha value is -0.540. The fourth-order valence-corrected chi connectivity index (χ4v) is 1.02.